The van der Waals surface area contributed by atoms with Crippen LogP contribution >= 0.6 is 0 Å². The maximum atomic E-state index is 12.0. The van der Waals surface area contributed by atoms with Crippen LogP contribution in [0.15, 0.2) is 5.16 Å². The highest BCUT2D eigenvalue weighted by Gasteiger charge is 2.54. The van der Waals surface area contributed by atoms with Gasteiger partial charge >= 0.3 is 0 Å². The summed E-state index contributed by atoms with van der Waals surface area (Å²) in [7, 11) is 0. The summed E-state index contributed by atoms with van der Waals surface area (Å²) in [6, 6.07) is 0. The molecule has 0 aromatic rings. The minimum Gasteiger partial charge on any atom is -0.409 e. The smallest absolute Gasteiger partial charge is 0.234 e. The first-order valence-corrected chi connectivity index (χ1v) is 6.59. The third-order valence-electron chi connectivity index (χ3n) is 3.48. The molecular formula is C12H24N4O2. The quantitative estimate of drug-likeness (QED) is 0.253. The lowest BCUT2D eigenvalue weighted by Gasteiger charge is -2.20. The molecule has 0 aliphatic heterocycles. The van der Waals surface area contributed by atoms with Crippen LogP contribution in [0.25, 0.3) is 0 Å². The van der Waals surface area contributed by atoms with Crippen molar-refractivity contribution in [3.05, 3.63) is 0 Å². The Morgan fingerprint density at radius 1 is 1.44 bits per heavy atom. The molecule has 18 heavy (non-hydrogen) atoms. The van der Waals surface area contributed by atoms with Crippen molar-refractivity contribution < 1.29 is 10.0 Å². The van der Waals surface area contributed by atoms with E-state index in [-0.39, 0.29) is 11.7 Å². The maximum absolute atomic E-state index is 12.0. The Morgan fingerprint density at radius 3 is 2.56 bits per heavy atom. The molecule has 0 saturated heterocycles. The monoisotopic (exact) mass is 256 g/mol. The number of hydrogen-bond donors (Lipinski definition) is 3. The molecule has 0 aromatic heterocycles. The van der Waals surface area contributed by atoms with Crippen molar-refractivity contribution in [2.24, 2.45) is 16.3 Å². The molecule has 1 saturated carbocycles. The number of hydrogen-bond acceptors (Lipinski definition) is 4. The molecule has 0 atom stereocenters. The van der Waals surface area contributed by atoms with Crippen LogP contribution < -0.4 is 11.1 Å². The largest absolute Gasteiger partial charge is 0.409 e. The number of nitrogens with one attached hydrogen (secondary N) is 1. The van der Waals surface area contributed by atoms with Gasteiger partial charge in [0, 0.05) is 13.1 Å². The second-order valence-corrected chi connectivity index (χ2v) is 4.76. The first-order valence-electron chi connectivity index (χ1n) is 6.59. The fourth-order valence-corrected chi connectivity index (χ4v) is 2.06. The van der Waals surface area contributed by atoms with Crippen LogP contribution in [0.1, 0.15) is 33.1 Å². The third kappa shape index (κ3) is 3.35. The summed E-state index contributed by atoms with van der Waals surface area (Å²) in [5.41, 5.74) is 4.81. The van der Waals surface area contributed by atoms with Crippen molar-refractivity contribution in [2.75, 3.05) is 26.2 Å². The van der Waals surface area contributed by atoms with Crippen LogP contribution in [-0.4, -0.2) is 48.0 Å². The van der Waals surface area contributed by atoms with Gasteiger partial charge in [0.2, 0.25) is 5.91 Å². The predicted molar refractivity (Wildman–Crippen MR) is 70.5 cm³/mol. The molecule has 0 radical (unpaired) electrons. The van der Waals surface area contributed by atoms with Gasteiger partial charge in [-0.25, -0.2) is 0 Å². The summed E-state index contributed by atoms with van der Waals surface area (Å²) in [5, 5.41) is 14.5. The third-order valence-corrected chi connectivity index (χ3v) is 3.48. The predicted octanol–water partition coefficient (Wildman–Crippen LogP) is 0.361. The number of carbonyl (C=O) groups excluding carboxylic acids is 1. The molecular weight excluding hydrogens is 232 g/mol. The molecule has 6 heteroatoms. The molecule has 0 aromatic carbocycles. The van der Waals surface area contributed by atoms with E-state index in [4.69, 9.17) is 10.9 Å². The first kappa shape index (κ1) is 14.8. The highest BCUT2D eigenvalue weighted by Crippen LogP contribution is 2.45. The number of nitrogens with zero attached hydrogens (tertiary/aromatic N) is 2. The topological polar surface area (TPSA) is 91.0 Å². The second-order valence-electron chi connectivity index (χ2n) is 4.76. The molecule has 0 spiro atoms. The summed E-state index contributed by atoms with van der Waals surface area (Å²) >= 11 is 0. The van der Waals surface area contributed by atoms with E-state index in [1.807, 2.05) is 0 Å². The van der Waals surface area contributed by atoms with Crippen LogP contribution in [0.2, 0.25) is 0 Å². The Labute approximate surface area is 108 Å². The van der Waals surface area contributed by atoms with Crippen LogP contribution in [0.5, 0.6) is 0 Å². The van der Waals surface area contributed by atoms with E-state index in [1.54, 1.807) is 0 Å². The molecule has 0 heterocycles. The summed E-state index contributed by atoms with van der Waals surface area (Å²) < 4.78 is 0. The zero-order chi connectivity index (χ0) is 13.6. The molecule has 104 valence electrons. The second kappa shape index (κ2) is 6.58. The number of oxime groups is 1. The zero-order valence-corrected chi connectivity index (χ0v) is 11.3. The van der Waals surface area contributed by atoms with Gasteiger partial charge in [0.1, 0.15) is 5.41 Å². The summed E-state index contributed by atoms with van der Waals surface area (Å²) in [6.07, 6.45) is 2.44. The maximum Gasteiger partial charge on any atom is 0.234 e. The van der Waals surface area contributed by atoms with Crippen molar-refractivity contribution in [2.45, 2.75) is 33.1 Å². The van der Waals surface area contributed by atoms with Gasteiger partial charge in [0.15, 0.2) is 5.84 Å². The zero-order valence-electron chi connectivity index (χ0n) is 11.3. The molecule has 1 amide bonds. The SMILES string of the molecule is CCCN(CC)CCNC(=O)C1(C(N)=NO)CC1. The van der Waals surface area contributed by atoms with Gasteiger partial charge in [0.05, 0.1) is 0 Å². The first-order chi connectivity index (χ1) is 8.60. The highest BCUT2D eigenvalue weighted by atomic mass is 16.4. The molecule has 4 N–H and O–H groups in total. The molecule has 1 fully saturated rings. The van der Waals surface area contributed by atoms with Crippen molar-refractivity contribution in [1.82, 2.24) is 10.2 Å². The van der Waals surface area contributed by atoms with Crippen molar-refractivity contribution in [1.29, 1.82) is 0 Å². The van der Waals surface area contributed by atoms with Crippen LogP contribution in [0.3, 0.4) is 0 Å². The van der Waals surface area contributed by atoms with Crippen LogP contribution in [0.4, 0.5) is 0 Å². The van der Waals surface area contributed by atoms with E-state index < -0.39 is 5.41 Å². The Hall–Kier alpha value is -1.30. The highest BCUT2D eigenvalue weighted by molar-refractivity contribution is 6.09. The van der Waals surface area contributed by atoms with Gasteiger partial charge in [-0.05, 0) is 32.4 Å². The van der Waals surface area contributed by atoms with E-state index in [1.165, 1.54) is 0 Å². The normalized spacial score (nSPS) is 17.8. The minimum absolute atomic E-state index is 0.0286. The van der Waals surface area contributed by atoms with Crippen molar-refractivity contribution >= 4 is 11.7 Å². The average Bonchev–Trinajstić information content (AvgIpc) is 3.18. The summed E-state index contributed by atoms with van der Waals surface area (Å²) in [4.78, 5) is 14.2. The lowest BCUT2D eigenvalue weighted by molar-refractivity contribution is -0.124. The molecule has 6 nitrogen and oxygen atoms in total. The molecule has 1 aliphatic rings. The Morgan fingerprint density at radius 2 is 2.11 bits per heavy atom. The number of rotatable bonds is 8. The fourth-order valence-electron chi connectivity index (χ4n) is 2.06. The Bertz CT molecular complexity index is 313. The van der Waals surface area contributed by atoms with Gasteiger partial charge in [0.25, 0.3) is 0 Å². The molecule has 1 aliphatic carbocycles. The van der Waals surface area contributed by atoms with E-state index in [0.29, 0.717) is 19.4 Å². The van der Waals surface area contributed by atoms with Gasteiger partial charge in [-0.2, -0.15) is 0 Å². The van der Waals surface area contributed by atoms with E-state index in [9.17, 15) is 4.79 Å². The van der Waals surface area contributed by atoms with Crippen LogP contribution in [-0.2, 0) is 4.79 Å². The lowest BCUT2D eigenvalue weighted by atomic mass is 10.1. The molecule has 1 rings (SSSR count). The van der Waals surface area contributed by atoms with Gasteiger partial charge in [-0.1, -0.05) is 19.0 Å². The number of amidine groups is 1. The van der Waals surface area contributed by atoms with Gasteiger partial charge in [-0.15, -0.1) is 0 Å². The van der Waals surface area contributed by atoms with E-state index in [2.05, 4.69) is 29.2 Å². The van der Waals surface area contributed by atoms with Gasteiger partial charge < -0.3 is 21.2 Å². The fraction of sp³-hybridized carbons (Fsp3) is 0.833. The van der Waals surface area contributed by atoms with E-state index in [0.717, 1.165) is 26.1 Å². The minimum atomic E-state index is -0.740. The molecule has 0 unspecified atom stereocenters. The summed E-state index contributed by atoms with van der Waals surface area (Å²) in [6.45, 7) is 7.71. The average molecular weight is 256 g/mol. The Balaban J connectivity index is 2.34. The number of nitrogens with two attached hydrogens (primary N) is 1. The lowest BCUT2D eigenvalue weighted by Crippen LogP contribution is -2.43. The van der Waals surface area contributed by atoms with E-state index >= 15 is 0 Å². The number of likely N-dealkylation sites (N-methyl/N-ethyl adjacent to an activating group) is 1. The summed E-state index contributed by atoms with van der Waals surface area (Å²) in [5.74, 6) is -0.0914. The molecule has 0 bridgehead atoms. The van der Waals surface area contributed by atoms with Gasteiger partial charge in [-0.3, -0.25) is 4.79 Å². The number of amides is 1. The van der Waals surface area contributed by atoms with Crippen molar-refractivity contribution in [3.63, 3.8) is 0 Å². The number of carbonyl (C=O) groups is 1. The Kier molecular flexibility index (Phi) is 5.40. The standard InChI is InChI=1S/C12H24N4O2/c1-3-8-16(4-2)9-7-14-11(17)12(5-6-12)10(13)15-18/h18H,3-9H2,1-2H3,(H2,13,15)(H,14,17). The van der Waals surface area contributed by atoms with Crippen molar-refractivity contribution in [3.8, 4) is 0 Å². The van der Waals surface area contributed by atoms with Crippen LogP contribution in [0, 0.1) is 5.41 Å².